The Morgan fingerprint density at radius 3 is 2.47 bits per heavy atom. The quantitative estimate of drug-likeness (QED) is 0.807. The van der Waals surface area contributed by atoms with Gasteiger partial charge in [0.05, 0.1) is 10.7 Å². The molecule has 1 rings (SSSR count). The third-order valence-electron chi connectivity index (χ3n) is 3.39. The Morgan fingerprint density at radius 2 is 2.00 bits per heavy atom. The van der Waals surface area contributed by atoms with Crippen LogP contribution in [0.25, 0.3) is 0 Å². The Kier molecular flexibility index (Phi) is 6.63. The molecule has 108 valence electrons. The highest BCUT2D eigenvalue weighted by Gasteiger charge is 2.14. The van der Waals surface area contributed by atoms with E-state index in [9.17, 15) is 0 Å². The molecule has 0 aliphatic heterocycles. The standard InChI is InChI=1S/C15H25ClN2O/c1-11(2)18(8-5-9-19)15-7-6-13(10-14(15)16)12(3)17-4/h6-7,10-12,17,19H,5,8-9H2,1-4H3. The van der Waals surface area contributed by atoms with Gasteiger partial charge in [-0.05, 0) is 51.9 Å². The van der Waals surface area contributed by atoms with Crippen LogP contribution in [0.15, 0.2) is 18.2 Å². The molecule has 19 heavy (non-hydrogen) atoms. The first kappa shape index (κ1) is 16.3. The predicted octanol–water partition coefficient (Wildman–Crippen LogP) is 3.22. The predicted molar refractivity (Wildman–Crippen MR) is 83.1 cm³/mol. The van der Waals surface area contributed by atoms with E-state index in [0.29, 0.717) is 6.04 Å². The first-order valence-electron chi connectivity index (χ1n) is 6.85. The minimum atomic E-state index is 0.204. The van der Waals surface area contributed by atoms with E-state index in [1.807, 2.05) is 13.1 Å². The van der Waals surface area contributed by atoms with Crippen LogP contribution in [-0.4, -0.2) is 31.3 Å². The largest absolute Gasteiger partial charge is 0.396 e. The number of anilines is 1. The van der Waals surface area contributed by atoms with Gasteiger partial charge in [0.25, 0.3) is 0 Å². The highest BCUT2D eigenvalue weighted by Crippen LogP contribution is 2.30. The van der Waals surface area contributed by atoms with E-state index < -0.39 is 0 Å². The molecule has 1 aromatic rings. The molecule has 0 saturated heterocycles. The van der Waals surface area contributed by atoms with Crippen LogP contribution in [0.5, 0.6) is 0 Å². The van der Waals surface area contributed by atoms with E-state index in [1.165, 1.54) is 5.56 Å². The molecular formula is C15H25ClN2O. The summed E-state index contributed by atoms with van der Waals surface area (Å²) in [5, 5.41) is 13.0. The van der Waals surface area contributed by atoms with E-state index in [2.05, 4.69) is 43.1 Å². The molecule has 2 N–H and O–H groups in total. The number of halogens is 1. The summed E-state index contributed by atoms with van der Waals surface area (Å²) in [6.45, 7) is 7.40. The highest BCUT2D eigenvalue weighted by molar-refractivity contribution is 6.33. The van der Waals surface area contributed by atoms with Crippen molar-refractivity contribution in [2.75, 3.05) is 25.1 Å². The van der Waals surface area contributed by atoms with Gasteiger partial charge in [-0.3, -0.25) is 0 Å². The van der Waals surface area contributed by atoms with Crippen LogP contribution >= 0.6 is 11.6 Å². The van der Waals surface area contributed by atoms with Crippen LogP contribution in [-0.2, 0) is 0 Å². The number of hydrogen-bond donors (Lipinski definition) is 2. The fourth-order valence-corrected chi connectivity index (χ4v) is 2.39. The molecule has 0 aliphatic carbocycles. The summed E-state index contributed by atoms with van der Waals surface area (Å²) in [5.41, 5.74) is 2.22. The number of aliphatic hydroxyl groups is 1. The Bertz CT molecular complexity index is 396. The Morgan fingerprint density at radius 1 is 1.32 bits per heavy atom. The highest BCUT2D eigenvalue weighted by atomic mass is 35.5. The second-order valence-corrected chi connectivity index (χ2v) is 5.49. The molecule has 0 amide bonds. The van der Waals surface area contributed by atoms with Crippen molar-refractivity contribution in [1.29, 1.82) is 0 Å². The van der Waals surface area contributed by atoms with Gasteiger partial charge >= 0.3 is 0 Å². The molecule has 1 unspecified atom stereocenters. The summed E-state index contributed by atoms with van der Waals surface area (Å²) < 4.78 is 0. The van der Waals surface area contributed by atoms with Crippen molar-refractivity contribution in [2.24, 2.45) is 0 Å². The molecular weight excluding hydrogens is 260 g/mol. The first-order chi connectivity index (χ1) is 9.01. The number of nitrogens with zero attached hydrogens (tertiary/aromatic N) is 1. The van der Waals surface area contributed by atoms with Crippen LogP contribution < -0.4 is 10.2 Å². The van der Waals surface area contributed by atoms with E-state index in [4.69, 9.17) is 16.7 Å². The van der Waals surface area contributed by atoms with Crippen LogP contribution in [0.4, 0.5) is 5.69 Å². The summed E-state index contributed by atoms with van der Waals surface area (Å²) >= 11 is 6.42. The van der Waals surface area contributed by atoms with E-state index in [1.54, 1.807) is 0 Å². The third kappa shape index (κ3) is 4.37. The second kappa shape index (κ2) is 7.73. The zero-order chi connectivity index (χ0) is 14.4. The van der Waals surface area contributed by atoms with Gasteiger partial charge in [-0.25, -0.2) is 0 Å². The number of aliphatic hydroxyl groups excluding tert-OH is 1. The number of rotatable bonds is 7. The Hall–Kier alpha value is -0.770. The topological polar surface area (TPSA) is 35.5 Å². The van der Waals surface area contributed by atoms with E-state index in [0.717, 1.165) is 23.7 Å². The van der Waals surface area contributed by atoms with Crippen LogP contribution in [0, 0.1) is 0 Å². The third-order valence-corrected chi connectivity index (χ3v) is 3.70. The average Bonchev–Trinajstić information content (AvgIpc) is 2.39. The summed E-state index contributed by atoms with van der Waals surface area (Å²) in [7, 11) is 1.94. The zero-order valence-electron chi connectivity index (χ0n) is 12.3. The summed E-state index contributed by atoms with van der Waals surface area (Å²) in [6, 6.07) is 6.85. The number of hydrogen-bond acceptors (Lipinski definition) is 3. The summed E-state index contributed by atoms with van der Waals surface area (Å²) in [6.07, 6.45) is 0.753. The minimum Gasteiger partial charge on any atom is -0.396 e. The van der Waals surface area contributed by atoms with Gasteiger partial charge in [-0.2, -0.15) is 0 Å². The van der Waals surface area contributed by atoms with Crippen LogP contribution in [0.1, 0.15) is 38.8 Å². The summed E-state index contributed by atoms with van der Waals surface area (Å²) in [5.74, 6) is 0. The lowest BCUT2D eigenvalue weighted by atomic mass is 10.1. The van der Waals surface area contributed by atoms with Gasteiger partial charge < -0.3 is 15.3 Å². The van der Waals surface area contributed by atoms with Crippen molar-refractivity contribution in [3.05, 3.63) is 28.8 Å². The lowest BCUT2D eigenvalue weighted by Crippen LogP contribution is -2.32. The number of nitrogens with one attached hydrogen (secondary N) is 1. The number of benzene rings is 1. The fraction of sp³-hybridized carbons (Fsp3) is 0.600. The maximum Gasteiger partial charge on any atom is 0.0642 e. The van der Waals surface area contributed by atoms with Gasteiger partial charge in [0, 0.05) is 25.2 Å². The van der Waals surface area contributed by atoms with E-state index >= 15 is 0 Å². The Balaban J connectivity index is 2.98. The summed E-state index contributed by atoms with van der Waals surface area (Å²) in [4.78, 5) is 2.23. The molecule has 1 aromatic carbocycles. The van der Waals surface area contributed by atoms with Gasteiger partial charge in [0.15, 0.2) is 0 Å². The normalized spacial score (nSPS) is 12.8. The van der Waals surface area contributed by atoms with Gasteiger partial charge in [0.1, 0.15) is 0 Å². The molecule has 1 atom stereocenters. The van der Waals surface area contributed by atoms with Crippen molar-refractivity contribution < 1.29 is 5.11 Å². The van der Waals surface area contributed by atoms with Gasteiger partial charge in [-0.1, -0.05) is 17.7 Å². The molecule has 0 fully saturated rings. The molecule has 0 saturated carbocycles. The fourth-order valence-electron chi connectivity index (χ4n) is 2.09. The molecule has 3 nitrogen and oxygen atoms in total. The zero-order valence-corrected chi connectivity index (χ0v) is 13.0. The molecule has 0 heterocycles. The molecule has 0 bridgehead atoms. The SMILES string of the molecule is CNC(C)c1ccc(N(CCCO)C(C)C)c(Cl)c1. The van der Waals surface area contributed by atoms with Crippen LogP contribution in [0.2, 0.25) is 5.02 Å². The van der Waals surface area contributed by atoms with Crippen molar-refractivity contribution in [3.8, 4) is 0 Å². The lowest BCUT2D eigenvalue weighted by Gasteiger charge is -2.30. The van der Waals surface area contributed by atoms with Crippen molar-refractivity contribution in [2.45, 2.75) is 39.3 Å². The molecule has 0 radical (unpaired) electrons. The van der Waals surface area contributed by atoms with Crippen molar-refractivity contribution in [1.82, 2.24) is 5.32 Å². The molecule has 0 aromatic heterocycles. The van der Waals surface area contributed by atoms with Crippen molar-refractivity contribution >= 4 is 17.3 Å². The van der Waals surface area contributed by atoms with E-state index in [-0.39, 0.29) is 12.6 Å². The lowest BCUT2D eigenvalue weighted by molar-refractivity contribution is 0.288. The van der Waals surface area contributed by atoms with Gasteiger partial charge in [-0.15, -0.1) is 0 Å². The Labute approximate surface area is 121 Å². The smallest absolute Gasteiger partial charge is 0.0642 e. The van der Waals surface area contributed by atoms with Crippen molar-refractivity contribution in [3.63, 3.8) is 0 Å². The molecule has 0 spiro atoms. The second-order valence-electron chi connectivity index (χ2n) is 5.09. The maximum absolute atomic E-state index is 8.99. The van der Waals surface area contributed by atoms with Gasteiger partial charge in [0.2, 0.25) is 0 Å². The molecule has 0 aliphatic rings. The average molecular weight is 285 g/mol. The molecule has 4 heteroatoms. The first-order valence-corrected chi connectivity index (χ1v) is 7.23. The maximum atomic E-state index is 8.99. The minimum absolute atomic E-state index is 0.204. The van der Waals surface area contributed by atoms with Crippen LogP contribution in [0.3, 0.4) is 0 Å². The monoisotopic (exact) mass is 284 g/mol.